The Morgan fingerprint density at radius 2 is 1.52 bits per heavy atom. The van der Waals surface area contributed by atoms with Crippen molar-refractivity contribution in [1.29, 1.82) is 0 Å². The second kappa shape index (κ2) is 7.34. The molecular formula is C21H24N4. The third kappa shape index (κ3) is 4.15. The summed E-state index contributed by atoms with van der Waals surface area (Å²) in [5, 5.41) is 6.84. The zero-order valence-electron chi connectivity index (χ0n) is 15.2. The highest BCUT2D eigenvalue weighted by Gasteiger charge is 2.10. The van der Waals surface area contributed by atoms with Gasteiger partial charge in [0.05, 0.1) is 6.04 Å². The molecule has 0 amide bonds. The van der Waals surface area contributed by atoms with Gasteiger partial charge in [-0.2, -0.15) is 4.98 Å². The molecule has 2 N–H and O–H groups in total. The average Bonchev–Trinajstić information content (AvgIpc) is 2.58. The molecule has 0 bridgehead atoms. The number of benzene rings is 2. The lowest BCUT2D eigenvalue weighted by Crippen LogP contribution is -2.11. The minimum absolute atomic E-state index is 0.135. The zero-order valence-corrected chi connectivity index (χ0v) is 15.2. The van der Waals surface area contributed by atoms with Crippen molar-refractivity contribution in [2.24, 2.45) is 0 Å². The van der Waals surface area contributed by atoms with Crippen molar-refractivity contribution in [2.75, 3.05) is 10.6 Å². The molecule has 3 rings (SSSR count). The van der Waals surface area contributed by atoms with Crippen molar-refractivity contribution in [3.05, 3.63) is 77.0 Å². The van der Waals surface area contributed by atoms with Gasteiger partial charge in [0, 0.05) is 17.4 Å². The van der Waals surface area contributed by atoms with E-state index in [1.807, 2.05) is 31.2 Å². The van der Waals surface area contributed by atoms with Crippen molar-refractivity contribution in [1.82, 2.24) is 9.97 Å². The van der Waals surface area contributed by atoms with E-state index >= 15 is 0 Å². The molecule has 0 aliphatic rings. The van der Waals surface area contributed by atoms with Crippen LogP contribution in [0.2, 0.25) is 0 Å². The van der Waals surface area contributed by atoms with E-state index in [9.17, 15) is 0 Å². The monoisotopic (exact) mass is 332 g/mol. The molecule has 4 heteroatoms. The van der Waals surface area contributed by atoms with Crippen LogP contribution in [0.5, 0.6) is 0 Å². The summed E-state index contributed by atoms with van der Waals surface area (Å²) in [7, 11) is 0. The normalized spacial score (nSPS) is 11.8. The highest BCUT2D eigenvalue weighted by atomic mass is 15.2. The Hall–Kier alpha value is -2.88. The van der Waals surface area contributed by atoms with Crippen molar-refractivity contribution >= 4 is 17.5 Å². The standard InChI is InChI=1S/C21H24N4/c1-14-9-8-10-15(2)20(14)24-19-13-16(3)22-21(25-19)23-17(4)18-11-6-5-7-12-18/h5-13,17H,1-4H3,(H2,22,23,24,25). The van der Waals surface area contributed by atoms with Crippen LogP contribution in [-0.4, -0.2) is 9.97 Å². The molecule has 2 aromatic carbocycles. The first kappa shape index (κ1) is 17.0. The van der Waals surface area contributed by atoms with E-state index in [0.717, 1.165) is 17.2 Å². The Morgan fingerprint density at radius 3 is 2.20 bits per heavy atom. The van der Waals surface area contributed by atoms with E-state index in [2.05, 4.69) is 71.7 Å². The number of hydrogen-bond donors (Lipinski definition) is 2. The Bertz CT molecular complexity index is 839. The van der Waals surface area contributed by atoms with E-state index in [1.165, 1.54) is 16.7 Å². The first-order valence-corrected chi connectivity index (χ1v) is 8.53. The molecule has 0 saturated carbocycles. The molecule has 25 heavy (non-hydrogen) atoms. The van der Waals surface area contributed by atoms with E-state index in [-0.39, 0.29) is 6.04 Å². The first-order valence-electron chi connectivity index (χ1n) is 8.53. The van der Waals surface area contributed by atoms with Crippen LogP contribution in [0, 0.1) is 20.8 Å². The van der Waals surface area contributed by atoms with Gasteiger partial charge in [-0.25, -0.2) is 4.98 Å². The number of rotatable bonds is 5. The summed E-state index contributed by atoms with van der Waals surface area (Å²) in [4.78, 5) is 9.17. The summed E-state index contributed by atoms with van der Waals surface area (Å²) >= 11 is 0. The van der Waals surface area contributed by atoms with Gasteiger partial charge in [-0.05, 0) is 44.4 Å². The molecule has 4 nitrogen and oxygen atoms in total. The first-order chi connectivity index (χ1) is 12.0. The van der Waals surface area contributed by atoms with E-state index in [1.54, 1.807) is 0 Å². The molecule has 1 aromatic heterocycles. The van der Waals surface area contributed by atoms with Gasteiger partial charge in [0.1, 0.15) is 5.82 Å². The maximum atomic E-state index is 4.64. The molecule has 1 heterocycles. The maximum absolute atomic E-state index is 4.64. The third-order valence-electron chi connectivity index (χ3n) is 4.23. The number of aryl methyl sites for hydroxylation is 3. The Kier molecular flexibility index (Phi) is 4.98. The van der Waals surface area contributed by atoms with E-state index < -0.39 is 0 Å². The molecule has 0 saturated heterocycles. The smallest absolute Gasteiger partial charge is 0.225 e. The van der Waals surface area contributed by atoms with Gasteiger partial charge in [-0.3, -0.25) is 0 Å². The minimum Gasteiger partial charge on any atom is -0.348 e. The fourth-order valence-corrected chi connectivity index (χ4v) is 2.86. The molecule has 0 fully saturated rings. The number of hydrogen-bond acceptors (Lipinski definition) is 4. The number of nitrogens with one attached hydrogen (secondary N) is 2. The van der Waals surface area contributed by atoms with Crippen molar-refractivity contribution < 1.29 is 0 Å². The van der Waals surface area contributed by atoms with Crippen LogP contribution in [-0.2, 0) is 0 Å². The van der Waals surface area contributed by atoms with Crippen LogP contribution < -0.4 is 10.6 Å². The average molecular weight is 332 g/mol. The fourth-order valence-electron chi connectivity index (χ4n) is 2.86. The molecule has 0 aliphatic carbocycles. The van der Waals surface area contributed by atoms with Gasteiger partial charge in [0.2, 0.25) is 5.95 Å². The predicted molar refractivity (Wildman–Crippen MR) is 104 cm³/mol. The largest absolute Gasteiger partial charge is 0.348 e. The van der Waals surface area contributed by atoms with Gasteiger partial charge in [-0.1, -0.05) is 48.5 Å². The molecule has 1 atom stereocenters. The summed E-state index contributed by atoms with van der Waals surface area (Å²) in [6.45, 7) is 8.29. The van der Waals surface area contributed by atoms with Gasteiger partial charge in [0.25, 0.3) is 0 Å². The zero-order chi connectivity index (χ0) is 17.8. The van der Waals surface area contributed by atoms with Crippen molar-refractivity contribution in [2.45, 2.75) is 33.7 Å². The summed E-state index contributed by atoms with van der Waals surface area (Å²) < 4.78 is 0. The van der Waals surface area contributed by atoms with Gasteiger partial charge in [-0.15, -0.1) is 0 Å². The summed E-state index contributed by atoms with van der Waals surface area (Å²) in [6, 6.07) is 18.7. The molecular weight excluding hydrogens is 308 g/mol. The van der Waals surface area contributed by atoms with Crippen LogP contribution in [0.1, 0.15) is 35.3 Å². The second-order valence-electron chi connectivity index (χ2n) is 6.39. The molecule has 1 unspecified atom stereocenters. The Labute approximate surface area is 149 Å². The Morgan fingerprint density at radius 1 is 0.840 bits per heavy atom. The SMILES string of the molecule is Cc1cc(Nc2c(C)cccc2C)nc(NC(C)c2ccccc2)n1. The lowest BCUT2D eigenvalue weighted by Gasteiger charge is -2.16. The van der Waals surface area contributed by atoms with E-state index in [4.69, 9.17) is 0 Å². The highest BCUT2D eigenvalue weighted by Crippen LogP contribution is 2.25. The summed E-state index contributed by atoms with van der Waals surface area (Å²) in [6.07, 6.45) is 0. The molecule has 0 spiro atoms. The van der Waals surface area contributed by atoms with Crippen molar-refractivity contribution in [3.63, 3.8) is 0 Å². The lowest BCUT2D eigenvalue weighted by atomic mass is 10.1. The van der Waals surface area contributed by atoms with Gasteiger partial charge >= 0.3 is 0 Å². The van der Waals surface area contributed by atoms with Crippen LogP contribution >= 0.6 is 0 Å². The van der Waals surface area contributed by atoms with Crippen LogP contribution in [0.4, 0.5) is 17.5 Å². The number of anilines is 3. The number of aromatic nitrogens is 2. The van der Waals surface area contributed by atoms with Gasteiger partial charge in [0.15, 0.2) is 0 Å². The lowest BCUT2D eigenvalue weighted by molar-refractivity contribution is 0.858. The quantitative estimate of drug-likeness (QED) is 0.664. The Balaban J connectivity index is 1.83. The summed E-state index contributed by atoms with van der Waals surface area (Å²) in [5.74, 6) is 1.43. The topological polar surface area (TPSA) is 49.8 Å². The predicted octanol–water partition coefficient (Wildman–Crippen LogP) is 5.32. The third-order valence-corrected chi connectivity index (χ3v) is 4.23. The fraction of sp³-hybridized carbons (Fsp3) is 0.238. The van der Waals surface area contributed by atoms with Crippen LogP contribution in [0.3, 0.4) is 0 Å². The molecule has 0 radical (unpaired) electrons. The highest BCUT2D eigenvalue weighted by molar-refractivity contribution is 5.65. The van der Waals surface area contributed by atoms with Crippen LogP contribution in [0.25, 0.3) is 0 Å². The molecule has 3 aromatic rings. The number of para-hydroxylation sites is 1. The maximum Gasteiger partial charge on any atom is 0.225 e. The number of nitrogens with zero attached hydrogens (tertiary/aromatic N) is 2. The second-order valence-corrected chi connectivity index (χ2v) is 6.39. The van der Waals surface area contributed by atoms with Crippen molar-refractivity contribution in [3.8, 4) is 0 Å². The van der Waals surface area contributed by atoms with Gasteiger partial charge < -0.3 is 10.6 Å². The molecule has 128 valence electrons. The van der Waals surface area contributed by atoms with Crippen LogP contribution in [0.15, 0.2) is 54.6 Å². The summed E-state index contributed by atoms with van der Waals surface area (Å²) in [5.41, 5.74) is 5.62. The molecule has 0 aliphatic heterocycles. The van der Waals surface area contributed by atoms with E-state index in [0.29, 0.717) is 5.95 Å². The minimum atomic E-state index is 0.135.